The van der Waals surface area contributed by atoms with Gasteiger partial charge in [-0.15, -0.1) is 0 Å². The third-order valence-corrected chi connectivity index (χ3v) is 4.78. The van der Waals surface area contributed by atoms with Gasteiger partial charge in [0.05, 0.1) is 16.7 Å². The quantitative estimate of drug-likeness (QED) is 0.642. The molecule has 0 radical (unpaired) electrons. The molecule has 0 aliphatic heterocycles. The van der Waals surface area contributed by atoms with Crippen molar-refractivity contribution in [3.05, 3.63) is 57.1 Å². The molecule has 136 valence electrons. The number of nitrogens with one attached hydrogen (secondary N) is 1. The van der Waals surface area contributed by atoms with Gasteiger partial charge >= 0.3 is 0 Å². The third kappa shape index (κ3) is 3.44. The van der Waals surface area contributed by atoms with Crippen molar-refractivity contribution in [3.8, 4) is 17.1 Å². The Balaban J connectivity index is 2.18. The summed E-state index contributed by atoms with van der Waals surface area (Å²) in [6, 6.07) is 5.35. The van der Waals surface area contributed by atoms with Crippen molar-refractivity contribution in [2.45, 2.75) is 19.6 Å². The molecule has 26 heavy (non-hydrogen) atoms. The molecule has 0 atom stereocenters. The number of nitrogens with two attached hydrogens (primary N) is 1. The number of benzene rings is 2. The number of fused-ring (bicyclic) bond motifs is 1. The fourth-order valence-corrected chi connectivity index (χ4v) is 3.70. The lowest BCUT2D eigenvalue weighted by atomic mass is 10.00. The van der Waals surface area contributed by atoms with Crippen LogP contribution >= 0.6 is 0 Å². The molecule has 1 aromatic heterocycles. The van der Waals surface area contributed by atoms with E-state index in [1.165, 1.54) is 0 Å². The van der Waals surface area contributed by atoms with Crippen LogP contribution in [-0.2, 0) is 15.8 Å². The average molecular weight is 377 g/mol. The lowest BCUT2D eigenvalue weighted by Gasteiger charge is -2.12. The fourth-order valence-electron chi connectivity index (χ4n) is 2.84. The maximum Gasteiger partial charge on any atom is 0.259 e. The van der Waals surface area contributed by atoms with E-state index in [0.29, 0.717) is 22.3 Å². The number of aromatic hydroxyl groups is 1. The van der Waals surface area contributed by atoms with Crippen molar-refractivity contribution in [2.24, 2.45) is 5.14 Å². The molecule has 0 bridgehead atoms. The predicted molar refractivity (Wildman–Crippen MR) is 95.7 cm³/mol. The number of nitrogens with zero attached hydrogens (tertiary/aromatic N) is 1. The summed E-state index contributed by atoms with van der Waals surface area (Å²) >= 11 is 0. The van der Waals surface area contributed by atoms with E-state index in [4.69, 9.17) is 5.14 Å². The van der Waals surface area contributed by atoms with Gasteiger partial charge in [-0.2, -0.15) is 0 Å². The standard InChI is InChI=1S/C17H16FN3O4S/c1-8-3-10(4-9(2)12(8)7-26(19,24)25)16-20-14-6-13(18)15(22)5-11(14)17(23)21-16/h3-6,22H,7H2,1-2H3,(H2,19,24,25)(H,20,21,23). The molecule has 0 saturated carbocycles. The Bertz CT molecular complexity index is 1180. The summed E-state index contributed by atoms with van der Waals surface area (Å²) in [4.78, 5) is 19.1. The molecule has 0 spiro atoms. The van der Waals surface area contributed by atoms with Gasteiger partial charge in [0.2, 0.25) is 10.0 Å². The number of phenols is 1. The van der Waals surface area contributed by atoms with Gasteiger partial charge in [-0.05, 0) is 48.7 Å². The van der Waals surface area contributed by atoms with Gasteiger partial charge in [0, 0.05) is 11.6 Å². The number of hydrogen-bond acceptors (Lipinski definition) is 5. The van der Waals surface area contributed by atoms with Gasteiger partial charge in [0.25, 0.3) is 5.56 Å². The van der Waals surface area contributed by atoms with Gasteiger partial charge in [-0.1, -0.05) is 0 Å². The first-order valence-electron chi connectivity index (χ1n) is 7.58. The van der Waals surface area contributed by atoms with Crippen molar-refractivity contribution in [2.75, 3.05) is 0 Å². The van der Waals surface area contributed by atoms with E-state index in [-0.39, 0.29) is 22.5 Å². The lowest BCUT2D eigenvalue weighted by Crippen LogP contribution is -2.16. The second-order valence-corrected chi connectivity index (χ2v) is 7.75. The Morgan fingerprint density at radius 1 is 1.19 bits per heavy atom. The highest BCUT2D eigenvalue weighted by molar-refractivity contribution is 7.88. The molecule has 0 saturated heterocycles. The van der Waals surface area contributed by atoms with Crippen LogP contribution in [0.4, 0.5) is 4.39 Å². The number of hydrogen-bond donors (Lipinski definition) is 3. The SMILES string of the molecule is Cc1cc(-c2nc3cc(F)c(O)cc3c(=O)[nH]2)cc(C)c1CS(N)(=O)=O. The monoisotopic (exact) mass is 377 g/mol. The van der Waals surface area contributed by atoms with E-state index >= 15 is 0 Å². The smallest absolute Gasteiger partial charge is 0.259 e. The summed E-state index contributed by atoms with van der Waals surface area (Å²) in [7, 11) is -3.68. The Morgan fingerprint density at radius 3 is 2.38 bits per heavy atom. The number of aryl methyl sites for hydroxylation is 2. The van der Waals surface area contributed by atoms with Gasteiger partial charge in [-0.3, -0.25) is 4.79 Å². The van der Waals surface area contributed by atoms with Crippen LogP contribution in [-0.4, -0.2) is 23.5 Å². The summed E-state index contributed by atoms with van der Waals surface area (Å²) in [5.41, 5.74) is 2.05. The summed E-state index contributed by atoms with van der Waals surface area (Å²) in [6.45, 7) is 3.46. The minimum atomic E-state index is -3.68. The molecule has 0 aliphatic carbocycles. The van der Waals surface area contributed by atoms with Crippen LogP contribution in [0.2, 0.25) is 0 Å². The molecule has 3 rings (SSSR count). The molecule has 3 aromatic rings. The summed E-state index contributed by atoms with van der Waals surface area (Å²) in [5, 5.41) is 14.6. The van der Waals surface area contributed by atoms with Crippen LogP contribution in [0.15, 0.2) is 29.1 Å². The van der Waals surface area contributed by atoms with Gasteiger partial charge in [0.1, 0.15) is 5.82 Å². The molecule has 0 aliphatic rings. The zero-order chi connectivity index (χ0) is 19.2. The predicted octanol–water partition coefficient (Wildman–Crippen LogP) is 1.84. The normalized spacial score (nSPS) is 11.8. The highest BCUT2D eigenvalue weighted by atomic mass is 32.2. The number of H-pyrrole nitrogens is 1. The van der Waals surface area contributed by atoms with E-state index in [2.05, 4.69) is 9.97 Å². The molecule has 7 nitrogen and oxygen atoms in total. The largest absolute Gasteiger partial charge is 0.505 e. The van der Waals surface area contributed by atoms with E-state index in [0.717, 1.165) is 12.1 Å². The second-order valence-electron chi connectivity index (χ2n) is 6.13. The number of aromatic nitrogens is 2. The topological polar surface area (TPSA) is 126 Å². The van der Waals surface area contributed by atoms with Crippen molar-refractivity contribution in [3.63, 3.8) is 0 Å². The fraction of sp³-hybridized carbons (Fsp3) is 0.176. The van der Waals surface area contributed by atoms with Gasteiger partial charge in [-0.25, -0.2) is 22.9 Å². The molecular weight excluding hydrogens is 361 g/mol. The summed E-state index contributed by atoms with van der Waals surface area (Å²) in [6.07, 6.45) is 0. The van der Waals surface area contributed by atoms with Gasteiger partial charge < -0.3 is 10.1 Å². The molecule has 2 aromatic carbocycles. The molecule has 0 unspecified atom stereocenters. The molecular formula is C17H16FN3O4S. The van der Waals surface area contributed by atoms with E-state index < -0.39 is 27.1 Å². The van der Waals surface area contributed by atoms with E-state index in [1.807, 2.05) is 0 Å². The van der Waals surface area contributed by atoms with Crippen molar-refractivity contribution >= 4 is 20.9 Å². The highest BCUT2D eigenvalue weighted by Crippen LogP contribution is 2.26. The van der Waals surface area contributed by atoms with Crippen LogP contribution in [0.25, 0.3) is 22.3 Å². The van der Waals surface area contributed by atoms with E-state index in [9.17, 15) is 22.7 Å². The Morgan fingerprint density at radius 2 is 1.81 bits per heavy atom. The zero-order valence-electron chi connectivity index (χ0n) is 14.0. The van der Waals surface area contributed by atoms with Crippen molar-refractivity contribution < 1.29 is 17.9 Å². The molecule has 4 N–H and O–H groups in total. The van der Waals surface area contributed by atoms with Crippen molar-refractivity contribution in [1.82, 2.24) is 9.97 Å². The van der Waals surface area contributed by atoms with Crippen molar-refractivity contribution in [1.29, 1.82) is 0 Å². The summed E-state index contributed by atoms with van der Waals surface area (Å²) < 4.78 is 36.3. The maximum absolute atomic E-state index is 13.6. The third-order valence-electron chi connectivity index (χ3n) is 4.09. The molecule has 0 fully saturated rings. The first-order chi connectivity index (χ1) is 12.0. The number of aromatic amines is 1. The zero-order valence-corrected chi connectivity index (χ0v) is 14.8. The van der Waals surface area contributed by atoms with Crippen LogP contribution < -0.4 is 10.7 Å². The number of phenolic OH excluding ortho intramolecular Hbond substituents is 1. The first-order valence-corrected chi connectivity index (χ1v) is 9.30. The van der Waals surface area contributed by atoms with Crippen LogP contribution in [0.1, 0.15) is 16.7 Å². The second kappa shape index (κ2) is 6.19. The number of sulfonamides is 1. The molecule has 9 heteroatoms. The van der Waals surface area contributed by atoms with Gasteiger partial charge in [0.15, 0.2) is 11.6 Å². The van der Waals surface area contributed by atoms with Crippen LogP contribution in [0, 0.1) is 19.7 Å². The highest BCUT2D eigenvalue weighted by Gasteiger charge is 2.15. The number of primary sulfonamides is 1. The Labute approximate surface area is 148 Å². The summed E-state index contributed by atoms with van der Waals surface area (Å²) in [5.74, 6) is -1.59. The van der Waals surface area contributed by atoms with Crippen LogP contribution in [0.3, 0.4) is 0 Å². The minimum Gasteiger partial charge on any atom is -0.505 e. The van der Waals surface area contributed by atoms with Crippen LogP contribution in [0.5, 0.6) is 5.75 Å². The average Bonchev–Trinajstić information content (AvgIpc) is 2.51. The first kappa shape index (κ1) is 18.0. The Hall–Kier alpha value is -2.78. The number of halogens is 1. The van der Waals surface area contributed by atoms with E-state index in [1.54, 1.807) is 26.0 Å². The minimum absolute atomic E-state index is 0.0620. The molecule has 0 amide bonds. The number of rotatable bonds is 3. The Kier molecular flexibility index (Phi) is 4.29. The maximum atomic E-state index is 13.6. The lowest BCUT2D eigenvalue weighted by molar-refractivity contribution is 0.433. The molecule has 1 heterocycles.